The number of carbonyl (C=O) groups is 1. The van der Waals surface area contributed by atoms with Crippen molar-refractivity contribution in [1.29, 1.82) is 0 Å². The van der Waals surface area contributed by atoms with E-state index in [1.807, 2.05) is 6.92 Å². The summed E-state index contributed by atoms with van der Waals surface area (Å²) in [6.45, 7) is 3.29. The average Bonchev–Trinajstić information content (AvgIpc) is 3.11. The minimum absolute atomic E-state index is 0.223. The number of fused-ring (bicyclic) bond motifs is 1. The zero-order chi connectivity index (χ0) is 18.1. The molecule has 0 spiro atoms. The van der Waals surface area contributed by atoms with E-state index in [-0.39, 0.29) is 23.6 Å². The van der Waals surface area contributed by atoms with Crippen molar-refractivity contribution in [2.75, 3.05) is 26.4 Å². The van der Waals surface area contributed by atoms with E-state index < -0.39 is 0 Å². The summed E-state index contributed by atoms with van der Waals surface area (Å²) in [6.07, 6.45) is 0. The number of nitrogens with one attached hydrogen (secondary N) is 1. The van der Waals surface area contributed by atoms with E-state index in [2.05, 4.69) is 10.4 Å². The van der Waals surface area contributed by atoms with Crippen LogP contribution in [0, 0.1) is 6.92 Å². The van der Waals surface area contributed by atoms with Crippen LogP contribution in [-0.4, -0.2) is 48.2 Å². The second kappa shape index (κ2) is 6.80. The lowest BCUT2D eigenvalue weighted by molar-refractivity contribution is 0.0913. The lowest BCUT2D eigenvalue weighted by Crippen LogP contribution is -2.44. The van der Waals surface area contributed by atoms with E-state index in [4.69, 9.17) is 14.2 Å². The highest BCUT2D eigenvalue weighted by Crippen LogP contribution is 2.33. The predicted molar refractivity (Wildman–Crippen MR) is 91.8 cm³/mol. The summed E-state index contributed by atoms with van der Waals surface area (Å²) in [4.78, 5) is 24.9. The van der Waals surface area contributed by atoms with E-state index in [0.29, 0.717) is 43.5 Å². The SMILES string of the molecule is Cc1ccc(=O)n(C2COCC2NC(=O)c2cccc3c2OCCO3)n1. The Morgan fingerprint density at radius 3 is 2.92 bits per heavy atom. The van der Waals surface area contributed by atoms with Crippen molar-refractivity contribution in [3.8, 4) is 11.5 Å². The van der Waals surface area contributed by atoms with Gasteiger partial charge in [0.25, 0.3) is 11.5 Å². The molecule has 2 atom stereocenters. The molecule has 0 radical (unpaired) electrons. The molecule has 2 unspecified atom stereocenters. The van der Waals surface area contributed by atoms with E-state index in [1.54, 1.807) is 24.3 Å². The zero-order valence-electron chi connectivity index (χ0n) is 14.3. The van der Waals surface area contributed by atoms with Crippen molar-refractivity contribution in [3.63, 3.8) is 0 Å². The minimum Gasteiger partial charge on any atom is -0.486 e. The largest absolute Gasteiger partial charge is 0.486 e. The van der Waals surface area contributed by atoms with Crippen LogP contribution in [0.5, 0.6) is 11.5 Å². The number of amides is 1. The van der Waals surface area contributed by atoms with E-state index >= 15 is 0 Å². The number of rotatable bonds is 3. The maximum atomic E-state index is 12.8. The molecule has 2 aliphatic rings. The van der Waals surface area contributed by atoms with Crippen molar-refractivity contribution in [1.82, 2.24) is 15.1 Å². The quantitative estimate of drug-likeness (QED) is 0.869. The first-order valence-corrected chi connectivity index (χ1v) is 8.47. The van der Waals surface area contributed by atoms with Crippen molar-refractivity contribution < 1.29 is 19.0 Å². The van der Waals surface area contributed by atoms with Gasteiger partial charge in [-0.3, -0.25) is 9.59 Å². The molecule has 26 heavy (non-hydrogen) atoms. The van der Waals surface area contributed by atoms with Crippen LogP contribution < -0.4 is 20.3 Å². The minimum atomic E-state index is -0.366. The van der Waals surface area contributed by atoms with Gasteiger partial charge in [-0.1, -0.05) is 6.07 Å². The number of hydrogen-bond donors (Lipinski definition) is 1. The third kappa shape index (κ3) is 3.03. The number of aryl methyl sites for hydroxylation is 1. The van der Waals surface area contributed by atoms with Gasteiger partial charge in [-0.05, 0) is 25.1 Å². The highest BCUT2D eigenvalue weighted by Gasteiger charge is 2.33. The Balaban J connectivity index is 1.58. The molecule has 136 valence electrons. The Bertz CT molecular complexity index is 895. The third-order valence-electron chi connectivity index (χ3n) is 4.45. The summed E-state index contributed by atoms with van der Waals surface area (Å²) in [5.41, 5.74) is 0.904. The Kier molecular flexibility index (Phi) is 4.34. The maximum Gasteiger partial charge on any atom is 0.267 e. The van der Waals surface area contributed by atoms with E-state index in [9.17, 15) is 9.59 Å². The van der Waals surface area contributed by atoms with Crippen molar-refractivity contribution in [2.24, 2.45) is 0 Å². The van der Waals surface area contributed by atoms with Gasteiger partial charge in [0.2, 0.25) is 0 Å². The van der Waals surface area contributed by atoms with Gasteiger partial charge in [0.1, 0.15) is 19.3 Å². The fourth-order valence-electron chi connectivity index (χ4n) is 3.18. The average molecular weight is 357 g/mol. The molecule has 1 aromatic heterocycles. The number of para-hydroxylation sites is 1. The van der Waals surface area contributed by atoms with Crippen LogP contribution in [0.1, 0.15) is 22.1 Å². The Hall–Kier alpha value is -2.87. The van der Waals surface area contributed by atoms with E-state index in [0.717, 1.165) is 5.69 Å². The standard InChI is InChI=1S/C18H19N3O5/c1-11-5-6-16(22)21(20-11)14-10-24-9-13(14)19-18(23)12-3-2-4-15-17(12)26-8-7-25-15/h2-6,13-14H,7-10H2,1H3,(H,19,23). The molecule has 1 fully saturated rings. The van der Waals surface area contributed by atoms with Gasteiger partial charge in [0, 0.05) is 6.07 Å². The molecule has 2 aromatic rings. The zero-order valence-corrected chi connectivity index (χ0v) is 14.3. The fraction of sp³-hybridized carbons (Fsp3) is 0.389. The first kappa shape index (κ1) is 16.6. The summed E-state index contributed by atoms with van der Waals surface area (Å²) in [7, 11) is 0. The molecule has 0 bridgehead atoms. The second-order valence-corrected chi connectivity index (χ2v) is 6.27. The first-order chi connectivity index (χ1) is 12.6. The number of nitrogens with zero attached hydrogens (tertiary/aromatic N) is 2. The van der Waals surface area contributed by atoms with Crippen LogP contribution in [0.4, 0.5) is 0 Å². The van der Waals surface area contributed by atoms with Gasteiger partial charge < -0.3 is 19.5 Å². The van der Waals surface area contributed by atoms with Gasteiger partial charge in [0.05, 0.1) is 30.5 Å². The maximum absolute atomic E-state index is 12.8. The molecule has 1 amide bonds. The van der Waals surface area contributed by atoms with Crippen LogP contribution >= 0.6 is 0 Å². The Labute approximate surface area is 149 Å². The highest BCUT2D eigenvalue weighted by atomic mass is 16.6. The van der Waals surface area contributed by atoms with Gasteiger partial charge in [-0.15, -0.1) is 0 Å². The molecule has 8 heteroatoms. The number of ether oxygens (including phenoxy) is 3. The van der Waals surface area contributed by atoms with E-state index in [1.165, 1.54) is 10.7 Å². The Morgan fingerprint density at radius 1 is 1.19 bits per heavy atom. The molecule has 1 aromatic carbocycles. The first-order valence-electron chi connectivity index (χ1n) is 8.47. The molecule has 2 aliphatic heterocycles. The Morgan fingerprint density at radius 2 is 2.04 bits per heavy atom. The predicted octanol–water partition coefficient (Wildman–Crippen LogP) is 0.693. The van der Waals surface area contributed by atoms with Crippen LogP contribution in [0.3, 0.4) is 0 Å². The fourth-order valence-corrected chi connectivity index (χ4v) is 3.18. The van der Waals surface area contributed by atoms with Crippen LogP contribution in [0.15, 0.2) is 35.1 Å². The second-order valence-electron chi connectivity index (χ2n) is 6.27. The lowest BCUT2D eigenvalue weighted by atomic mass is 10.1. The monoisotopic (exact) mass is 357 g/mol. The van der Waals surface area contributed by atoms with Gasteiger partial charge in [-0.25, -0.2) is 4.68 Å². The highest BCUT2D eigenvalue weighted by molar-refractivity contribution is 5.98. The summed E-state index contributed by atoms with van der Waals surface area (Å²) in [5, 5.41) is 7.22. The molecule has 1 saturated heterocycles. The smallest absolute Gasteiger partial charge is 0.267 e. The number of hydrogen-bond acceptors (Lipinski definition) is 6. The van der Waals surface area contributed by atoms with Gasteiger partial charge in [-0.2, -0.15) is 5.10 Å². The van der Waals surface area contributed by atoms with Crippen LogP contribution in [0.2, 0.25) is 0 Å². The lowest BCUT2D eigenvalue weighted by Gasteiger charge is -2.23. The van der Waals surface area contributed by atoms with Gasteiger partial charge >= 0.3 is 0 Å². The normalized spacial score (nSPS) is 21.4. The summed E-state index contributed by atoms with van der Waals surface area (Å²) in [5.74, 6) is 0.700. The molecule has 0 saturated carbocycles. The van der Waals surface area contributed by atoms with Crippen molar-refractivity contribution in [3.05, 3.63) is 51.9 Å². The van der Waals surface area contributed by atoms with Gasteiger partial charge in [0.15, 0.2) is 11.5 Å². The van der Waals surface area contributed by atoms with Crippen LogP contribution in [0.25, 0.3) is 0 Å². The van der Waals surface area contributed by atoms with Crippen molar-refractivity contribution in [2.45, 2.75) is 19.0 Å². The molecular weight excluding hydrogens is 338 g/mol. The molecular formula is C18H19N3O5. The number of aromatic nitrogens is 2. The topological polar surface area (TPSA) is 91.7 Å². The van der Waals surface area contributed by atoms with Crippen LogP contribution in [-0.2, 0) is 4.74 Å². The molecule has 1 N–H and O–H groups in total. The molecule has 8 nitrogen and oxygen atoms in total. The molecule has 4 rings (SSSR count). The summed E-state index contributed by atoms with van der Waals surface area (Å²) < 4.78 is 18.0. The molecule has 3 heterocycles. The number of carbonyl (C=O) groups excluding carboxylic acids is 1. The van der Waals surface area contributed by atoms with Crippen molar-refractivity contribution >= 4 is 5.91 Å². The summed E-state index contributed by atoms with van der Waals surface area (Å²) >= 11 is 0. The third-order valence-corrected chi connectivity index (χ3v) is 4.45. The number of benzene rings is 1. The molecule has 0 aliphatic carbocycles. The summed E-state index contributed by atoms with van der Waals surface area (Å²) in [6, 6.07) is 7.61.